The molecule has 0 aromatic carbocycles. The highest BCUT2D eigenvalue weighted by atomic mass is 32.2. The summed E-state index contributed by atoms with van der Waals surface area (Å²) in [5.41, 5.74) is 0. The molecule has 0 radical (unpaired) electrons. The number of rotatable bonds is 7. The predicted molar refractivity (Wildman–Crippen MR) is 73.3 cm³/mol. The van der Waals surface area contributed by atoms with Gasteiger partial charge in [0.25, 0.3) is 0 Å². The molecule has 1 saturated carbocycles. The Kier molecular flexibility index (Phi) is 4.32. The van der Waals surface area contributed by atoms with Crippen LogP contribution in [-0.2, 0) is 16.6 Å². The number of furan rings is 1. The molecule has 5 nitrogen and oxygen atoms in total. The Hall–Kier alpha value is -0.850. The second kappa shape index (κ2) is 5.64. The van der Waals surface area contributed by atoms with Crippen molar-refractivity contribution in [3.63, 3.8) is 0 Å². The molecule has 1 fully saturated rings. The molecule has 1 heterocycles. The molecule has 19 heavy (non-hydrogen) atoms. The molecule has 108 valence electrons. The third-order valence-corrected chi connectivity index (χ3v) is 5.10. The van der Waals surface area contributed by atoms with Crippen molar-refractivity contribution in [3.8, 4) is 0 Å². The van der Waals surface area contributed by atoms with Crippen molar-refractivity contribution in [1.82, 2.24) is 10.0 Å². The first-order chi connectivity index (χ1) is 8.94. The molecule has 1 aromatic heterocycles. The summed E-state index contributed by atoms with van der Waals surface area (Å²) in [5.74, 6) is 2.23. The van der Waals surface area contributed by atoms with Gasteiger partial charge in [0.05, 0.1) is 6.54 Å². The van der Waals surface area contributed by atoms with Crippen molar-refractivity contribution in [1.29, 1.82) is 0 Å². The van der Waals surface area contributed by atoms with Crippen LogP contribution in [0.2, 0.25) is 0 Å². The van der Waals surface area contributed by atoms with Crippen LogP contribution >= 0.6 is 0 Å². The topological polar surface area (TPSA) is 71.3 Å². The SMILES string of the molecule is CCNCc1cc(S(=O)(=O)NCC2CC2C)c(C)o1. The molecular formula is C13H22N2O3S. The van der Waals surface area contributed by atoms with Crippen LogP contribution in [0.4, 0.5) is 0 Å². The number of hydrogen-bond donors (Lipinski definition) is 2. The minimum atomic E-state index is -3.45. The molecule has 1 aliphatic rings. The van der Waals surface area contributed by atoms with Crippen LogP contribution in [0.3, 0.4) is 0 Å². The summed E-state index contributed by atoms with van der Waals surface area (Å²) in [5, 5.41) is 3.11. The summed E-state index contributed by atoms with van der Waals surface area (Å²) < 4.78 is 32.5. The van der Waals surface area contributed by atoms with E-state index in [4.69, 9.17) is 4.42 Å². The van der Waals surface area contributed by atoms with Crippen molar-refractivity contribution in [3.05, 3.63) is 17.6 Å². The quantitative estimate of drug-likeness (QED) is 0.799. The van der Waals surface area contributed by atoms with Gasteiger partial charge < -0.3 is 9.73 Å². The van der Waals surface area contributed by atoms with Gasteiger partial charge in [-0.15, -0.1) is 0 Å². The molecule has 0 aliphatic heterocycles. The van der Waals surface area contributed by atoms with E-state index in [1.807, 2.05) is 6.92 Å². The van der Waals surface area contributed by atoms with Crippen molar-refractivity contribution < 1.29 is 12.8 Å². The second-order valence-corrected chi connectivity index (χ2v) is 6.97. The lowest BCUT2D eigenvalue weighted by Gasteiger charge is -2.04. The first kappa shape index (κ1) is 14.6. The molecule has 2 atom stereocenters. The van der Waals surface area contributed by atoms with Gasteiger partial charge in [-0.1, -0.05) is 13.8 Å². The van der Waals surface area contributed by atoms with Crippen LogP contribution in [0, 0.1) is 18.8 Å². The largest absolute Gasteiger partial charge is 0.464 e. The van der Waals surface area contributed by atoms with Crippen LogP contribution in [0.15, 0.2) is 15.4 Å². The maximum absolute atomic E-state index is 12.2. The monoisotopic (exact) mass is 286 g/mol. The molecule has 0 bridgehead atoms. The second-order valence-electron chi connectivity index (χ2n) is 5.24. The molecule has 2 unspecified atom stereocenters. The number of aryl methyl sites for hydroxylation is 1. The van der Waals surface area contributed by atoms with E-state index < -0.39 is 10.0 Å². The fourth-order valence-electron chi connectivity index (χ4n) is 2.10. The Morgan fingerprint density at radius 2 is 2.16 bits per heavy atom. The Morgan fingerprint density at radius 3 is 2.74 bits per heavy atom. The van der Waals surface area contributed by atoms with Gasteiger partial charge >= 0.3 is 0 Å². The van der Waals surface area contributed by atoms with E-state index in [9.17, 15) is 8.42 Å². The molecular weight excluding hydrogens is 264 g/mol. The Morgan fingerprint density at radius 1 is 1.47 bits per heavy atom. The first-order valence-electron chi connectivity index (χ1n) is 6.73. The minimum Gasteiger partial charge on any atom is -0.464 e. The van der Waals surface area contributed by atoms with Gasteiger partial charge in [0.1, 0.15) is 16.4 Å². The van der Waals surface area contributed by atoms with Gasteiger partial charge in [0, 0.05) is 12.6 Å². The lowest BCUT2D eigenvalue weighted by atomic mass is 10.3. The zero-order valence-electron chi connectivity index (χ0n) is 11.7. The van der Waals surface area contributed by atoms with E-state index in [-0.39, 0.29) is 4.90 Å². The van der Waals surface area contributed by atoms with Crippen LogP contribution in [0.5, 0.6) is 0 Å². The lowest BCUT2D eigenvalue weighted by Crippen LogP contribution is -2.26. The van der Waals surface area contributed by atoms with Crippen LogP contribution in [-0.4, -0.2) is 21.5 Å². The third kappa shape index (κ3) is 3.58. The average molecular weight is 286 g/mol. The summed E-state index contributed by atoms with van der Waals surface area (Å²) in [6, 6.07) is 1.61. The molecule has 0 saturated heterocycles. The van der Waals surface area contributed by atoms with Crippen LogP contribution in [0.1, 0.15) is 31.8 Å². The molecule has 0 spiro atoms. The summed E-state index contributed by atoms with van der Waals surface area (Å²) in [6.07, 6.45) is 1.11. The third-order valence-electron chi connectivity index (χ3n) is 3.57. The minimum absolute atomic E-state index is 0.258. The molecule has 1 aliphatic carbocycles. The van der Waals surface area contributed by atoms with Gasteiger partial charge in [-0.3, -0.25) is 0 Å². The first-order valence-corrected chi connectivity index (χ1v) is 8.22. The lowest BCUT2D eigenvalue weighted by molar-refractivity contribution is 0.460. The fourth-order valence-corrected chi connectivity index (χ4v) is 3.40. The highest BCUT2D eigenvalue weighted by Gasteiger charge is 2.34. The maximum atomic E-state index is 12.2. The maximum Gasteiger partial charge on any atom is 0.244 e. The molecule has 2 rings (SSSR count). The Bertz CT molecular complexity index is 536. The summed E-state index contributed by atoms with van der Waals surface area (Å²) >= 11 is 0. The smallest absolute Gasteiger partial charge is 0.244 e. The van der Waals surface area contributed by atoms with Crippen molar-refractivity contribution in [2.45, 2.75) is 38.6 Å². The Balaban J connectivity index is 2.04. The summed E-state index contributed by atoms with van der Waals surface area (Å²) in [6.45, 7) is 7.70. The van der Waals surface area contributed by atoms with Crippen molar-refractivity contribution in [2.75, 3.05) is 13.1 Å². The van der Waals surface area contributed by atoms with E-state index in [1.54, 1.807) is 13.0 Å². The van der Waals surface area contributed by atoms with E-state index in [2.05, 4.69) is 17.0 Å². The van der Waals surface area contributed by atoms with E-state index in [0.717, 1.165) is 13.0 Å². The fraction of sp³-hybridized carbons (Fsp3) is 0.692. The summed E-state index contributed by atoms with van der Waals surface area (Å²) in [7, 11) is -3.45. The van der Waals surface area contributed by atoms with Crippen LogP contribution < -0.4 is 10.0 Å². The standard InChI is InChI=1S/C13H22N2O3S/c1-4-14-8-12-6-13(10(3)18-12)19(16,17)15-7-11-5-9(11)2/h6,9,11,14-15H,4-5,7-8H2,1-3H3. The average Bonchev–Trinajstić information content (AvgIpc) is 2.92. The van der Waals surface area contributed by atoms with E-state index in [1.165, 1.54) is 0 Å². The van der Waals surface area contributed by atoms with Gasteiger partial charge in [-0.2, -0.15) is 0 Å². The van der Waals surface area contributed by atoms with Gasteiger partial charge in [0.2, 0.25) is 10.0 Å². The van der Waals surface area contributed by atoms with Gasteiger partial charge in [-0.05, 0) is 31.7 Å². The molecule has 0 amide bonds. The predicted octanol–water partition coefficient (Wildman–Crippen LogP) is 1.63. The van der Waals surface area contributed by atoms with Crippen molar-refractivity contribution >= 4 is 10.0 Å². The van der Waals surface area contributed by atoms with Gasteiger partial charge in [0.15, 0.2) is 0 Å². The van der Waals surface area contributed by atoms with E-state index in [0.29, 0.717) is 36.4 Å². The van der Waals surface area contributed by atoms with Crippen LogP contribution in [0.25, 0.3) is 0 Å². The molecule has 1 aromatic rings. The summed E-state index contributed by atoms with van der Waals surface area (Å²) in [4.78, 5) is 0.258. The molecule has 2 N–H and O–H groups in total. The zero-order chi connectivity index (χ0) is 14.0. The number of sulfonamides is 1. The number of nitrogens with one attached hydrogen (secondary N) is 2. The highest BCUT2D eigenvalue weighted by molar-refractivity contribution is 7.89. The molecule has 6 heteroatoms. The number of hydrogen-bond acceptors (Lipinski definition) is 4. The Labute approximate surface area is 114 Å². The van der Waals surface area contributed by atoms with E-state index >= 15 is 0 Å². The van der Waals surface area contributed by atoms with Gasteiger partial charge in [-0.25, -0.2) is 13.1 Å². The normalized spacial score (nSPS) is 22.7. The zero-order valence-corrected chi connectivity index (χ0v) is 12.5. The van der Waals surface area contributed by atoms with Crippen molar-refractivity contribution in [2.24, 2.45) is 11.8 Å². The highest BCUT2D eigenvalue weighted by Crippen LogP contribution is 2.37.